The van der Waals surface area contributed by atoms with Gasteiger partial charge in [0.2, 0.25) is 0 Å². The smallest absolute Gasteiger partial charge is 0.257 e. The third kappa shape index (κ3) is 3.89. The highest BCUT2D eigenvalue weighted by Gasteiger charge is 2.61. The van der Waals surface area contributed by atoms with E-state index in [1.165, 1.54) is 6.42 Å². The maximum absolute atomic E-state index is 13.7. The van der Waals surface area contributed by atoms with Gasteiger partial charge in [-0.2, -0.15) is 0 Å². The van der Waals surface area contributed by atoms with Crippen LogP contribution in [0, 0.1) is 23.7 Å². The molecular weight excluding hydrogens is 540 g/mol. The molecular formula is C31H40N4O7. The number of hydrogen-bond acceptors (Lipinski definition) is 9. The van der Waals surface area contributed by atoms with Crippen molar-refractivity contribution < 1.29 is 34.8 Å². The summed E-state index contributed by atoms with van der Waals surface area (Å²) in [6, 6.07) is 0.735. The molecule has 2 amide bonds. The molecule has 5 aliphatic rings. The molecule has 6 N–H and O–H groups in total. The van der Waals surface area contributed by atoms with Gasteiger partial charge >= 0.3 is 0 Å². The average molecular weight is 581 g/mol. The van der Waals surface area contributed by atoms with Crippen molar-refractivity contribution in [3.8, 4) is 5.75 Å². The molecule has 42 heavy (non-hydrogen) atoms. The Bertz CT molecular complexity index is 1450. The van der Waals surface area contributed by atoms with E-state index in [9.17, 15) is 34.8 Å². The number of likely N-dealkylation sites (tertiary alicyclic amines) is 1. The summed E-state index contributed by atoms with van der Waals surface area (Å²) in [4.78, 5) is 44.6. The normalized spacial score (nSPS) is 32.1. The summed E-state index contributed by atoms with van der Waals surface area (Å²) in [5, 5.41) is 46.2. The van der Waals surface area contributed by atoms with E-state index < -0.39 is 46.3 Å². The second kappa shape index (κ2) is 9.74. The molecule has 6 rings (SSSR count). The molecule has 2 fully saturated rings. The fourth-order valence-corrected chi connectivity index (χ4v) is 8.52. The highest BCUT2D eigenvalue weighted by Crippen LogP contribution is 2.54. The molecule has 1 heterocycles. The number of allylic oxidation sites excluding steroid dienone is 1. The van der Waals surface area contributed by atoms with Gasteiger partial charge in [0.1, 0.15) is 22.8 Å². The van der Waals surface area contributed by atoms with Crippen LogP contribution in [-0.2, 0) is 22.4 Å². The van der Waals surface area contributed by atoms with Crippen LogP contribution in [0.4, 0.5) is 5.69 Å². The number of likely N-dealkylation sites (N-methyl/N-ethyl adjacent to an activating group) is 1. The van der Waals surface area contributed by atoms with Crippen LogP contribution in [0.5, 0.6) is 5.75 Å². The molecule has 1 aromatic rings. The molecule has 1 aliphatic heterocycles. The van der Waals surface area contributed by atoms with Crippen molar-refractivity contribution in [1.29, 1.82) is 0 Å². The van der Waals surface area contributed by atoms with Crippen molar-refractivity contribution in [3.05, 3.63) is 45.4 Å². The topological polar surface area (TPSA) is 168 Å². The van der Waals surface area contributed by atoms with Crippen LogP contribution in [0.15, 0.2) is 28.7 Å². The zero-order valence-electron chi connectivity index (χ0n) is 24.6. The maximum Gasteiger partial charge on any atom is 0.257 e. The van der Waals surface area contributed by atoms with Gasteiger partial charge in [-0.25, -0.2) is 0 Å². The Morgan fingerprint density at radius 1 is 1.02 bits per heavy atom. The number of phenolic OH excluding ortho intramolecular Hbond substituents is 1. The SMILES string of the molecule is CN(C)c1cc(C(=O)N2CC3CCCC3C2)c(O)c2c1C[C@H]1C[C@H]3[C@H](N(C)C)C(=O)C(C(N)=O)=C(O)[C@@]3(O)C(O)=C1C2. The number of fused-ring (bicyclic) bond motifs is 4. The number of primary amides is 1. The molecule has 0 radical (unpaired) electrons. The number of carbonyl (C=O) groups excluding carboxylic acids is 3. The number of ketones is 1. The van der Waals surface area contributed by atoms with Gasteiger partial charge in [0.05, 0.1) is 11.6 Å². The minimum absolute atomic E-state index is 0.0274. The number of nitrogens with two attached hydrogens (primary N) is 1. The number of nitrogens with zero attached hydrogens (tertiary/aromatic N) is 3. The van der Waals surface area contributed by atoms with Crippen LogP contribution in [0.1, 0.15) is 47.2 Å². The summed E-state index contributed by atoms with van der Waals surface area (Å²) >= 11 is 0. The summed E-state index contributed by atoms with van der Waals surface area (Å²) in [6.45, 7) is 1.36. The zero-order valence-corrected chi connectivity index (χ0v) is 24.6. The number of carbonyl (C=O) groups is 3. The first-order valence-electron chi connectivity index (χ1n) is 14.7. The Morgan fingerprint density at radius 3 is 2.24 bits per heavy atom. The number of benzene rings is 1. The highest BCUT2D eigenvalue weighted by molar-refractivity contribution is 6.22. The van der Waals surface area contributed by atoms with Gasteiger partial charge in [-0.1, -0.05) is 6.42 Å². The van der Waals surface area contributed by atoms with Gasteiger partial charge in [-0.3, -0.25) is 19.3 Å². The number of amides is 2. The molecule has 4 aliphatic carbocycles. The van der Waals surface area contributed by atoms with E-state index in [2.05, 4.69) is 0 Å². The third-order valence-electron chi connectivity index (χ3n) is 10.6. The van der Waals surface area contributed by atoms with Crippen LogP contribution in [0.2, 0.25) is 0 Å². The second-order valence-corrected chi connectivity index (χ2v) is 13.2. The molecule has 6 atom stereocenters. The quantitative estimate of drug-likeness (QED) is 0.331. The number of anilines is 1. The van der Waals surface area contributed by atoms with Crippen molar-refractivity contribution >= 4 is 23.3 Å². The summed E-state index contributed by atoms with van der Waals surface area (Å²) in [7, 11) is 7.01. The molecule has 1 saturated carbocycles. The van der Waals surface area contributed by atoms with Gasteiger partial charge in [-0.05, 0) is 74.7 Å². The van der Waals surface area contributed by atoms with E-state index in [-0.39, 0.29) is 36.0 Å². The Balaban J connectivity index is 1.46. The lowest BCUT2D eigenvalue weighted by Gasteiger charge is -2.51. The lowest BCUT2D eigenvalue weighted by Crippen LogP contribution is -2.62. The summed E-state index contributed by atoms with van der Waals surface area (Å²) in [6.07, 6.45) is 4.06. The van der Waals surface area contributed by atoms with E-state index in [0.29, 0.717) is 42.5 Å². The van der Waals surface area contributed by atoms with E-state index in [0.717, 1.165) is 24.1 Å². The minimum atomic E-state index is -2.41. The first-order chi connectivity index (χ1) is 19.8. The Hall–Kier alpha value is -3.57. The van der Waals surface area contributed by atoms with Gasteiger partial charge in [0, 0.05) is 50.8 Å². The van der Waals surface area contributed by atoms with Crippen molar-refractivity contribution in [3.63, 3.8) is 0 Å². The summed E-state index contributed by atoms with van der Waals surface area (Å²) < 4.78 is 0. The number of rotatable bonds is 4. The molecule has 11 nitrogen and oxygen atoms in total. The van der Waals surface area contributed by atoms with Crippen molar-refractivity contribution in [2.75, 3.05) is 46.2 Å². The first kappa shape index (κ1) is 28.5. The third-order valence-corrected chi connectivity index (χ3v) is 10.6. The van der Waals surface area contributed by atoms with Gasteiger partial charge in [-0.15, -0.1) is 0 Å². The highest BCUT2D eigenvalue weighted by atomic mass is 16.4. The average Bonchev–Trinajstić information content (AvgIpc) is 3.52. The van der Waals surface area contributed by atoms with Crippen molar-refractivity contribution in [1.82, 2.24) is 9.80 Å². The molecule has 11 heteroatoms. The lowest BCUT2D eigenvalue weighted by molar-refractivity contribution is -0.136. The maximum atomic E-state index is 13.7. The van der Waals surface area contributed by atoms with Crippen molar-refractivity contribution in [2.24, 2.45) is 29.4 Å². The number of aromatic hydroxyl groups is 1. The molecule has 0 bridgehead atoms. The van der Waals surface area contributed by atoms with Crippen LogP contribution < -0.4 is 10.6 Å². The van der Waals surface area contributed by atoms with Gasteiger partial charge < -0.3 is 36.0 Å². The lowest BCUT2D eigenvalue weighted by atomic mass is 9.59. The minimum Gasteiger partial charge on any atom is -0.509 e. The Morgan fingerprint density at radius 2 is 1.67 bits per heavy atom. The standard InChI is InChI=1S/C31H40N4O7/c1-33(2)22-11-20(30(41)35-12-14-6-5-7-15(14)13-35)25(36)19-10-17-16(8-18(19)22)9-21-24(34(3)4)26(37)23(29(32)40)28(39)31(21,42)27(17)38/h11,14-16,21,24,36,38-39,42H,5-10,12-13H2,1-4H3,(H2,32,40)/t14?,15?,16-,21-,24-,31-/m0/s1. The Kier molecular flexibility index (Phi) is 6.62. The molecule has 1 aromatic carbocycles. The second-order valence-electron chi connectivity index (χ2n) is 13.2. The molecule has 1 saturated heterocycles. The van der Waals surface area contributed by atoms with E-state index in [1.807, 2.05) is 23.9 Å². The van der Waals surface area contributed by atoms with Crippen LogP contribution >= 0.6 is 0 Å². The first-order valence-corrected chi connectivity index (χ1v) is 14.7. The fraction of sp³-hybridized carbons (Fsp3) is 0.581. The molecule has 0 aromatic heterocycles. The van der Waals surface area contributed by atoms with Gasteiger partial charge in [0.15, 0.2) is 11.4 Å². The largest absolute Gasteiger partial charge is 0.509 e. The van der Waals surface area contributed by atoms with Crippen LogP contribution in [0.25, 0.3) is 0 Å². The number of Topliss-reactive ketones (excluding diaryl/α,β-unsaturated/α-hetero) is 1. The number of aliphatic hydroxyl groups excluding tert-OH is 2. The predicted molar refractivity (Wildman–Crippen MR) is 154 cm³/mol. The van der Waals surface area contributed by atoms with E-state index in [4.69, 9.17) is 5.73 Å². The summed E-state index contributed by atoms with van der Waals surface area (Å²) in [5.41, 5.74) is 5.01. The summed E-state index contributed by atoms with van der Waals surface area (Å²) in [5.74, 6) is -4.02. The van der Waals surface area contributed by atoms with Gasteiger partial charge in [0.25, 0.3) is 11.8 Å². The van der Waals surface area contributed by atoms with Crippen molar-refractivity contribution in [2.45, 2.75) is 50.2 Å². The van der Waals surface area contributed by atoms with Crippen LogP contribution in [0.3, 0.4) is 0 Å². The Labute approximate surface area is 244 Å². The molecule has 0 spiro atoms. The molecule has 226 valence electrons. The number of aliphatic hydroxyl groups is 3. The predicted octanol–water partition coefficient (Wildman–Crippen LogP) is 1.42. The fourth-order valence-electron chi connectivity index (χ4n) is 8.52. The monoisotopic (exact) mass is 580 g/mol. The van der Waals surface area contributed by atoms with Crippen LogP contribution in [-0.4, -0.2) is 101 Å². The molecule has 2 unspecified atom stereocenters. The number of hydrogen-bond donors (Lipinski definition) is 5. The van der Waals surface area contributed by atoms with E-state index >= 15 is 0 Å². The zero-order chi connectivity index (χ0) is 30.4. The van der Waals surface area contributed by atoms with E-state index in [1.54, 1.807) is 25.1 Å². The number of phenols is 1.